The number of nitrogens with two attached hydrogens (primary N) is 5. The van der Waals surface area contributed by atoms with Crippen LogP contribution in [0.3, 0.4) is 0 Å². The zero-order valence-corrected chi connectivity index (χ0v) is 54.4. The molecule has 11 N–H and O–H groups in total. The molecule has 0 amide bonds. The highest BCUT2D eigenvalue weighted by Crippen LogP contribution is 2.34. The molecule has 0 radical (unpaired) electrons. The van der Waals surface area contributed by atoms with E-state index in [-0.39, 0.29) is 0 Å². The number of nitrogens with zero attached hydrogens (tertiary/aromatic N) is 10. The number of ether oxygens (including phenoxy) is 1. The van der Waals surface area contributed by atoms with Gasteiger partial charge in [0.15, 0.2) is 0 Å². The minimum atomic E-state index is 0.301. The van der Waals surface area contributed by atoms with E-state index in [0.717, 1.165) is 168 Å². The van der Waals surface area contributed by atoms with Crippen molar-refractivity contribution in [1.82, 2.24) is 49.8 Å². The summed E-state index contributed by atoms with van der Waals surface area (Å²) in [5, 5.41) is 3.40. The van der Waals surface area contributed by atoms with Crippen LogP contribution in [0.25, 0.3) is 56.3 Å². The Bertz CT molecular complexity index is 4000. The summed E-state index contributed by atoms with van der Waals surface area (Å²) in [4.78, 5) is 43.0. The molecular formula is C76H88N16O2. The van der Waals surface area contributed by atoms with Gasteiger partial charge in [0.25, 0.3) is 0 Å². The maximum Gasteiger partial charge on any atom is 0.222 e. The molecule has 7 heterocycles. The summed E-state index contributed by atoms with van der Waals surface area (Å²) in [6.07, 6.45) is 14.5. The first-order valence-corrected chi connectivity index (χ1v) is 32.6. The molecule has 6 aromatic heterocycles. The zero-order valence-electron chi connectivity index (χ0n) is 54.4. The Morgan fingerprint density at radius 3 is 1.19 bits per heavy atom. The lowest BCUT2D eigenvalue weighted by Crippen LogP contribution is -2.18. The van der Waals surface area contributed by atoms with Crippen LogP contribution in [0.4, 0.5) is 35.6 Å². The summed E-state index contributed by atoms with van der Waals surface area (Å²) < 4.78 is 10.7. The van der Waals surface area contributed by atoms with Crippen molar-refractivity contribution in [3.8, 4) is 56.3 Å². The minimum Gasteiger partial charge on any atom is -0.469 e. The molecule has 2 aliphatic rings. The van der Waals surface area contributed by atoms with E-state index >= 15 is 0 Å². The lowest BCUT2D eigenvalue weighted by atomic mass is 9.94. The number of aryl methyl sites for hydroxylation is 3. The van der Waals surface area contributed by atoms with E-state index in [1.165, 1.54) is 19.3 Å². The second-order valence-electron chi connectivity index (χ2n) is 23.8. The maximum absolute atomic E-state index is 5.85. The van der Waals surface area contributed by atoms with Crippen molar-refractivity contribution in [3.05, 3.63) is 229 Å². The molecule has 5 aromatic carbocycles. The summed E-state index contributed by atoms with van der Waals surface area (Å²) >= 11 is 0. The van der Waals surface area contributed by atoms with E-state index < -0.39 is 0 Å². The van der Waals surface area contributed by atoms with E-state index in [4.69, 9.17) is 37.8 Å². The van der Waals surface area contributed by atoms with Crippen LogP contribution in [0, 0.1) is 17.8 Å². The lowest BCUT2D eigenvalue weighted by molar-refractivity contribution is 0.0663. The normalized spacial score (nSPS) is 12.6. The molecule has 0 atom stereocenters. The third-order valence-corrected chi connectivity index (χ3v) is 15.8. The number of furan rings is 1. The quantitative estimate of drug-likeness (QED) is 0.0438. The van der Waals surface area contributed by atoms with Crippen molar-refractivity contribution in [3.63, 3.8) is 0 Å². The molecule has 94 heavy (non-hydrogen) atoms. The molecule has 1 aliphatic carbocycles. The Kier molecular flexibility index (Phi) is 25.6. The van der Waals surface area contributed by atoms with Crippen LogP contribution < -0.4 is 34.0 Å². The van der Waals surface area contributed by atoms with Gasteiger partial charge in [-0.05, 0) is 112 Å². The molecule has 1 aliphatic heterocycles. The number of hydrogen-bond donors (Lipinski definition) is 6. The summed E-state index contributed by atoms with van der Waals surface area (Å²) in [6, 6.07) is 64.5. The van der Waals surface area contributed by atoms with Gasteiger partial charge in [-0.1, -0.05) is 192 Å². The summed E-state index contributed by atoms with van der Waals surface area (Å²) in [5.74, 6) is 5.55. The van der Waals surface area contributed by atoms with Gasteiger partial charge < -0.3 is 43.1 Å². The van der Waals surface area contributed by atoms with Crippen molar-refractivity contribution in [2.45, 2.75) is 111 Å². The molecule has 1 saturated heterocycles. The molecule has 18 nitrogen and oxygen atoms in total. The second kappa shape index (κ2) is 35.4. The monoisotopic (exact) mass is 1260 g/mol. The van der Waals surface area contributed by atoms with Crippen molar-refractivity contribution >= 4 is 35.6 Å². The predicted molar refractivity (Wildman–Crippen MR) is 380 cm³/mol. The highest BCUT2D eigenvalue weighted by Gasteiger charge is 2.21. The molecule has 0 spiro atoms. The topological polar surface area (TPSA) is 293 Å². The van der Waals surface area contributed by atoms with Crippen LogP contribution in [0.2, 0.25) is 0 Å². The first-order chi connectivity index (χ1) is 45.8. The summed E-state index contributed by atoms with van der Waals surface area (Å²) in [6.45, 7) is 10.4. The Balaban J connectivity index is 0.000000139. The van der Waals surface area contributed by atoms with Gasteiger partial charge in [0.1, 0.15) is 11.6 Å². The molecule has 18 heteroatoms. The van der Waals surface area contributed by atoms with Crippen LogP contribution in [-0.4, -0.2) is 69.1 Å². The summed E-state index contributed by atoms with van der Waals surface area (Å²) in [7, 11) is 0. The van der Waals surface area contributed by atoms with Gasteiger partial charge in [0.05, 0.1) is 34.7 Å². The van der Waals surface area contributed by atoms with Gasteiger partial charge in [-0.3, -0.25) is 0 Å². The Labute approximate surface area is 552 Å². The number of nitrogens with one attached hydrogen (secondary N) is 1. The number of rotatable bonds is 19. The van der Waals surface area contributed by atoms with E-state index in [1.54, 1.807) is 6.26 Å². The SMILES string of the molecule is CC(C)Cc1cc(-c2ccccc2)nc(N)n1.CCC(CC)Nc1cc(-c2ccccc2)nc(N)n1.Nc1nc(CC2CCOCC2)cc(-c2ccccc2)n1.Nc1nc(CCC2CC2)cc(-c2ccccc2)n1.Nc1nc(CCc2ccco2)cc(-c2ccccc2)n1. The highest BCUT2D eigenvalue weighted by molar-refractivity contribution is 5.65. The van der Waals surface area contributed by atoms with Crippen molar-refractivity contribution in [1.29, 1.82) is 0 Å². The van der Waals surface area contributed by atoms with Gasteiger partial charge >= 0.3 is 0 Å². The van der Waals surface area contributed by atoms with Crippen LogP contribution >= 0.6 is 0 Å². The average Bonchev–Trinajstić information content (AvgIpc) is 3.80. The molecule has 1 saturated carbocycles. The fraction of sp³-hybridized carbons (Fsp3) is 0.289. The van der Waals surface area contributed by atoms with Crippen LogP contribution in [0.5, 0.6) is 0 Å². The smallest absolute Gasteiger partial charge is 0.222 e. The first kappa shape index (κ1) is 67.9. The molecule has 2 fully saturated rings. The van der Waals surface area contributed by atoms with E-state index in [1.807, 2.05) is 182 Å². The van der Waals surface area contributed by atoms with Gasteiger partial charge in [-0.15, -0.1) is 0 Å². The largest absolute Gasteiger partial charge is 0.469 e. The highest BCUT2D eigenvalue weighted by atomic mass is 16.5. The minimum absolute atomic E-state index is 0.301. The first-order valence-electron chi connectivity index (χ1n) is 32.6. The van der Waals surface area contributed by atoms with Crippen LogP contribution in [0.1, 0.15) is 101 Å². The van der Waals surface area contributed by atoms with Gasteiger partial charge in [0.2, 0.25) is 29.7 Å². The molecule has 0 bridgehead atoms. The molecular weight excluding hydrogens is 1170 g/mol. The van der Waals surface area contributed by atoms with Crippen LogP contribution in [-0.2, 0) is 36.8 Å². The third-order valence-electron chi connectivity index (χ3n) is 15.8. The van der Waals surface area contributed by atoms with Crippen molar-refractivity contribution in [2.24, 2.45) is 17.8 Å². The average molecular weight is 1260 g/mol. The fourth-order valence-electron chi connectivity index (χ4n) is 10.7. The second-order valence-corrected chi connectivity index (χ2v) is 23.8. The van der Waals surface area contributed by atoms with Crippen LogP contribution in [0.15, 0.2) is 205 Å². The Morgan fingerprint density at radius 2 is 0.787 bits per heavy atom. The predicted octanol–water partition coefficient (Wildman–Crippen LogP) is 15.1. The number of nitrogen functional groups attached to an aromatic ring is 5. The summed E-state index contributed by atoms with van der Waals surface area (Å²) in [5.41, 5.74) is 42.8. The fourth-order valence-corrected chi connectivity index (χ4v) is 10.7. The number of benzene rings is 5. The van der Waals surface area contributed by atoms with E-state index in [9.17, 15) is 0 Å². The standard InChI is InChI=1S/C16H15N3O.C16H19N3O.C15H20N4.C15H17N3.C14H17N3/c17-16-18-13(8-9-14-7-4-10-20-14)11-15(19-16)12-5-2-1-3-6-12;17-16-18-14(10-12-6-8-20-9-7-12)11-15(19-16)13-4-2-1-3-5-13;1-3-12(4-2)17-14-10-13(18-15(16)19-14)11-8-6-5-7-9-11;16-15-17-13(9-8-11-6-7-11)10-14(18-15)12-4-2-1-3-5-12;1-10(2)8-12-9-13(17-14(15)16-12)11-6-4-3-5-7-11/h1-7,10-11H,8-9H2,(H2,17,18,19);1-5,11-12H,6-10H2,(H2,17,18,19);5-10,12H,3-4H2,1-2H3,(H3,16,17,18,19);1-5,10-11H,6-9H2,(H2,16,17,18);3-7,9-10H,8H2,1-2H3,(H2,15,16,17). The molecule has 484 valence electrons. The van der Waals surface area contributed by atoms with Crippen molar-refractivity contribution < 1.29 is 9.15 Å². The number of hydrogen-bond acceptors (Lipinski definition) is 18. The Hall–Kier alpha value is -10.5. The van der Waals surface area contributed by atoms with Gasteiger partial charge in [-0.25, -0.2) is 44.9 Å². The van der Waals surface area contributed by atoms with Gasteiger partial charge in [-0.2, -0.15) is 4.98 Å². The molecule has 13 rings (SSSR count). The lowest BCUT2D eigenvalue weighted by Gasteiger charge is -2.21. The van der Waals surface area contributed by atoms with Gasteiger partial charge in [0, 0.05) is 82.3 Å². The maximum atomic E-state index is 5.85. The van der Waals surface area contributed by atoms with E-state index in [0.29, 0.717) is 47.6 Å². The number of anilines is 6. The molecule has 0 unspecified atom stereocenters. The third kappa shape index (κ3) is 22.4. The van der Waals surface area contributed by atoms with Crippen molar-refractivity contribution in [2.75, 3.05) is 47.2 Å². The van der Waals surface area contributed by atoms with E-state index in [2.05, 4.69) is 95.0 Å². The molecule has 11 aromatic rings. The Morgan fingerprint density at radius 1 is 0.404 bits per heavy atom. The zero-order chi connectivity index (χ0) is 65.9. The number of aromatic nitrogens is 10.